The smallest absolute Gasteiger partial charge is 0.138 e. The highest BCUT2D eigenvalue weighted by molar-refractivity contribution is 4.95. The van der Waals surface area contributed by atoms with Crippen molar-refractivity contribution in [3.63, 3.8) is 0 Å². The lowest BCUT2D eigenvalue weighted by molar-refractivity contribution is 0.292. The molecule has 4 nitrogen and oxygen atoms in total. The van der Waals surface area contributed by atoms with Gasteiger partial charge >= 0.3 is 0 Å². The molecule has 19 heavy (non-hydrogen) atoms. The molecule has 108 valence electrons. The van der Waals surface area contributed by atoms with Crippen LogP contribution in [0.25, 0.3) is 0 Å². The van der Waals surface area contributed by atoms with Gasteiger partial charge in [-0.1, -0.05) is 33.6 Å². The highest BCUT2D eigenvalue weighted by atomic mass is 15.3. The fourth-order valence-corrected chi connectivity index (χ4v) is 3.45. The predicted molar refractivity (Wildman–Crippen MR) is 78.0 cm³/mol. The second kappa shape index (κ2) is 7.04. The van der Waals surface area contributed by atoms with Crippen molar-refractivity contribution >= 4 is 0 Å². The number of likely N-dealkylation sites (N-methyl/N-ethyl adjacent to an activating group) is 1. The van der Waals surface area contributed by atoms with Gasteiger partial charge in [-0.25, -0.2) is 4.98 Å². The summed E-state index contributed by atoms with van der Waals surface area (Å²) in [5.74, 6) is 2.78. The van der Waals surface area contributed by atoms with Crippen molar-refractivity contribution in [3.8, 4) is 0 Å². The van der Waals surface area contributed by atoms with E-state index < -0.39 is 0 Å². The van der Waals surface area contributed by atoms with E-state index in [1.165, 1.54) is 19.3 Å². The third-order valence-electron chi connectivity index (χ3n) is 4.44. The van der Waals surface area contributed by atoms with Gasteiger partial charge in [0.25, 0.3) is 0 Å². The van der Waals surface area contributed by atoms with Crippen molar-refractivity contribution in [3.05, 3.63) is 12.2 Å². The molecule has 2 rings (SSSR count). The van der Waals surface area contributed by atoms with Gasteiger partial charge in [0.05, 0.1) is 0 Å². The Balaban J connectivity index is 2.05. The van der Waals surface area contributed by atoms with Crippen molar-refractivity contribution in [2.24, 2.45) is 11.8 Å². The monoisotopic (exact) mass is 264 g/mol. The molecule has 1 fully saturated rings. The van der Waals surface area contributed by atoms with Crippen molar-refractivity contribution < 1.29 is 0 Å². The minimum Gasteiger partial charge on any atom is -0.314 e. The first kappa shape index (κ1) is 14.5. The molecule has 3 unspecified atom stereocenters. The van der Waals surface area contributed by atoms with E-state index in [4.69, 9.17) is 0 Å². The average molecular weight is 264 g/mol. The van der Waals surface area contributed by atoms with Crippen LogP contribution in [0.2, 0.25) is 0 Å². The molecule has 0 aromatic carbocycles. The van der Waals surface area contributed by atoms with Gasteiger partial charge in [0, 0.05) is 19.0 Å². The highest BCUT2D eigenvalue weighted by Gasteiger charge is 2.31. The van der Waals surface area contributed by atoms with Gasteiger partial charge in [0.1, 0.15) is 12.2 Å². The summed E-state index contributed by atoms with van der Waals surface area (Å²) in [7, 11) is 0. The Kier molecular flexibility index (Phi) is 5.37. The minimum absolute atomic E-state index is 0.558. The first-order valence-corrected chi connectivity index (χ1v) is 7.86. The molecule has 1 N–H and O–H groups in total. The van der Waals surface area contributed by atoms with E-state index in [9.17, 15) is 0 Å². The second-order valence-electron chi connectivity index (χ2n) is 5.84. The minimum atomic E-state index is 0.558. The first-order chi connectivity index (χ1) is 9.26. The molecule has 1 aliphatic rings. The summed E-state index contributed by atoms with van der Waals surface area (Å²) in [6, 6.07) is 0.558. The summed E-state index contributed by atoms with van der Waals surface area (Å²) in [5.41, 5.74) is 0. The quantitative estimate of drug-likeness (QED) is 0.823. The molecule has 0 bridgehead atoms. The summed E-state index contributed by atoms with van der Waals surface area (Å²) in [4.78, 5) is 4.47. The predicted octanol–water partition coefficient (Wildman–Crippen LogP) is 2.64. The van der Waals surface area contributed by atoms with Crippen LogP contribution >= 0.6 is 0 Å². The van der Waals surface area contributed by atoms with Gasteiger partial charge in [-0.2, -0.15) is 5.10 Å². The molecule has 1 saturated carbocycles. The zero-order valence-corrected chi connectivity index (χ0v) is 12.6. The van der Waals surface area contributed by atoms with E-state index in [1.807, 2.05) is 0 Å². The van der Waals surface area contributed by atoms with Crippen LogP contribution < -0.4 is 5.32 Å². The number of nitrogens with one attached hydrogen (secondary N) is 1. The fraction of sp³-hybridized carbons (Fsp3) is 0.867. The maximum atomic E-state index is 4.47. The van der Waals surface area contributed by atoms with E-state index in [1.54, 1.807) is 6.33 Å². The van der Waals surface area contributed by atoms with Crippen molar-refractivity contribution in [1.82, 2.24) is 20.1 Å². The van der Waals surface area contributed by atoms with E-state index >= 15 is 0 Å². The molecule has 4 heteroatoms. The van der Waals surface area contributed by atoms with Crippen molar-refractivity contribution in [2.75, 3.05) is 6.54 Å². The number of aromatic nitrogens is 3. The van der Waals surface area contributed by atoms with Gasteiger partial charge in [-0.3, -0.25) is 4.68 Å². The average Bonchev–Trinajstić information content (AvgIpc) is 2.99. The molecule has 0 amide bonds. The van der Waals surface area contributed by atoms with Crippen LogP contribution in [0.3, 0.4) is 0 Å². The van der Waals surface area contributed by atoms with E-state index in [-0.39, 0.29) is 0 Å². The number of rotatable bonds is 7. The Labute approximate surface area is 117 Å². The molecular formula is C15H28N4. The SMILES string of the molecule is CCCn1ncnc1CC(NCC)C1CCCC1C. The summed E-state index contributed by atoms with van der Waals surface area (Å²) in [6.45, 7) is 8.80. The second-order valence-corrected chi connectivity index (χ2v) is 5.84. The van der Waals surface area contributed by atoms with Crippen LogP contribution in [-0.4, -0.2) is 27.4 Å². The number of aryl methyl sites for hydroxylation is 1. The molecule has 1 aromatic rings. The summed E-state index contributed by atoms with van der Waals surface area (Å²) < 4.78 is 2.07. The van der Waals surface area contributed by atoms with E-state index in [0.29, 0.717) is 6.04 Å². The molecule has 0 saturated heterocycles. The fourth-order valence-electron chi connectivity index (χ4n) is 3.45. The Morgan fingerprint density at radius 1 is 1.42 bits per heavy atom. The van der Waals surface area contributed by atoms with Crippen LogP contribution in [0.1, 0.15) is 52.3 Å². The Morgan fingerprint density at radius 2 is 2.26 bits per heavy atom. The van der Waals surface area contributed by atoms with Crippen LogP contribution in [-0.2, 0) is 13.0 Å². The van der Waals surface area contributed by atoms with Crippen molar-refractivity contribution in [1.29, 1.82) is 0 Å². The molecule has 1 heterocycles. The zero-order valence-electron chi connectivity index (χ0n) is 12.6. The topological polar surface area (TPSA) is 42.7 Å². The lowest BCUT2D eigenvalue weighted by Gasteiger charge is -2.27. The van der Waals surface area contributed by atoms with Gasteiger partial charge in [0.2, 0.25) is 0 Å². The third-order valence-corrected chi connectivity index (χ3v) is 4.44. The first-order valence-electron chi connectivity index (χ1n) is 7.86. The maximum absolute atomic E-state index is 4.47. The molecule has 0 radical (unpaired) electrons. The van der Waals surface area contributed by atoms with E-state index in [2.05, 4.69) is 40.9 Å². The van der Waals surface area contributed by atoms with Gasteiger partial charge in [-0.05, 0) is 31.2 Å². The summed E-state index contributed by atoms with van der Waals surface area (Å²) >= 11 is 0. The number of nitrogens with zero attached hydrogens (tertiary/aromatic N) is 3. The number of hydrogen-bond donors (Lipinski definition) is 1. The Bertz CT molecular complexity index is 374. The Hall–Kier alpha value is -0.900. The molecule has 0 spiro atoms. The van der Waals surface area contributed by atoms with Gasteiger partial charge in [0.15, 0.2) is 0 Å². The standard InChI is InChI=1S/C15H28N4/c1-4-9-19-15(17-11-18-19)10-14(16-5-2)13-8-6-7-12(13)3/h11-14,16H,4-10H2,1-3H3. The van der Waals surface area contributed by atoms with Crippen LogP contribution in [0.5, 0.6) is 0 Å². The largest absolute Gasteiger partial charge is 0.314 e. The highest BCUT2D eigenvalue weighted by Crippen LogP contribution is 2.34. The maximum Gasteiger partial charge on any atom is 0.138 e. The zero-order chi connectivity index (χ0) is 13.7. The van der Waals surface area contributed by atoms with Gasteiger partial charge < -0.3 is 5.32 Å². The molecule has 0 aliphatic heterocycles. The molecular weight excluding hydrogens is 236 g/mol. The molecule has 1 aromatic heterocycles. The molecule has 1 aliphatic carbocycles. The summed E-state index contributed by atoms with van der Waals surface area (Å²) in [6.07, 6.45) is 7.96. The normalized spacial score (nSPS) is 24.8. The summed E-state index contributed by atoms with van der Waals surface area (Å²) in [5, 5.41) is 8.02. The lowest BCUT2D eigenvalue weighted by atomic mass is 9.88. The molecule has 3 atom stereocenters. The van der Waals surface area contributed by atoms with Crippen LogP contribution in [0, 0.1) is 11.8 Å². The number of hydrogen-bond acceptors (Lipinski definition) is 3. The van der Waals surface area contributed by atoms with Crippen LogP contribution in [0.4, 0.5) is 0 Å². The van der Waals surface area contributed by atoms with Crippen LogP contribution in [0.15, 0.2) is 6.33 Å². The van der Waals surface area contributed by atoms with E-state index in [0.717, 1.165) is 43.6 Å². The third kappa shape index (κ3) is 3.56. The Morgan fingerprint density at radius 3 is 2.89 bits per heavy atom. The lowest BCUT2D eigenvalue weighted by Crippen LogP contribution is -2.39. The van der Waals surface area contributed by atoms with Crippen molar-refractivity contribution in [2.45, 2.75) is 65.5 Å². The van der Waals surface area contributed by atoms with Gasteiger partial charge in [-0.15, -0.1) is 0 Å².